The Labute approximate surface area is 308 Å². The molecule has 6 rings (SSSR count). The molecule has 1 unspecified atom stereocenters. The monoisotopic (exact) mass is 756 g/mol. The number of ether oxygens (including phenoxy) is 1. The number of amides is 3. The van der Waals surface area contributed by atoms with Gasteiger partial charge in [0.2, 0.25) is 11.8 Å². The summed E-state index contributed by atoms with van der Waals surface area (Å²) in [5.41, 5.74) is -1.52. The van der Waals surface area contributed by atoms with Crippen LogP contribution in [0.25, 0.3) is 0 Å². The van der Waals surface area contributed by atoms with Crippen molar-refractivity contribution in [1.29, 1.82) is 0 Å². The quantitative estimate of drug-likeness (QED) is 0.144. The second kappa shape index (κ2) is 14.3. The summed E-state index contributed by atoms with van der Waals surface area (Å²) >= 11 is 4.55. The van der Waals surface area contributed by atoms with E-state index < -0.39 is 69.8 Å². The van der Waals surface area contributed by atoms with Gasteiger partial charge in [-0.3, -0.25) is 14.4 Å². The van der Waals surface area contributed by atoms with Crippen LogP contribution < -0.4 is 20.1 Å². The average molecular weight is 757 g/mol. The Morgan fingerprint density at radius 1 is 1.04 bits per heavy atom. The molecule has 52 heavy (non-hydrogen) atoms. The van der Waals surface area contributed by atoms with Crippen molar-refractivity contribution in [2.24, 2.45) is 11.3 Å². The van der Waals surface area contributed by atoms with Gasteiger partial charge in [0, 0.05) is 42.4 Å². The van der Waals surface area contributed by atoms with E-state index in [-0.39, 0.29) is 30.3 Å². The maximum absolute atomic E-state index is 14.6. The number of alkyl halides is 3. The van der Waals surface area contributed by atoms with Crippen LogP contribution in [-0.4, -0.2) is 50.0 Å². The molecule has 276 valence electrons. The number of carbonyl (C=O) groups excluding carboxylic acids is 3. The molecule has 0 spiro atoms. The molecule has 9 nitrogen and oxygen atoms in total. The highest BCUT2D eigenvalue weighted by Gasteiger charge is 2.62. The van der Waals surface area contributed by atoms with E-state index in [2.05, 4.69) is 21.9 Å². The highest BCUT2D eigenvalue weighted by atomic mass is 35.5. The molecule has 3 aliphatic rings. The Morgan fingerprint density at radius 2 is 1.75 bits per heavy atom. The molecule has 1 heterocycles. The lowest BCUT2D eigenvalue weighted by atomic mass is 9.84. The van der Waals surface area contributed by atoms with Gasteiger partial charge in [0.1, 0.15) is 34.4 Å². The van der Waals surface area contributed by atoms with Gasteiger partial charge in [-0.2, -0.15) is 17.9 Å². The van der Waals surface area contributed by atoms with Gasteiger partial charge in [-0.1, -0.05) is 56.6 Å². The Hall–Kier alpha value is -4.20. The molecule has 1 aliphatic heterocycles. The van der Waals surface area contributed by atoms with E-state index in [9.17, 15) is 32.1 Å². The first kappa shape index (κ1) is 37.6. The smallest absolute Gasteiger partial charge is 0.416 e. The molecular formula is C38H40ClF3N4O5S. The first-order chi connectivity index (χ1) is 24.5. The van der Waals surface area contributed by atoms with E-state index in [1.54, 1.807) is 69.3 Å². The Morgan fingerprint density at radius 3 is 2.38 bits per heavy atom. The highest BCUT2D eigenvalue weighted by Crippen LogP contribution is 2.46. The molecule has 5 atom stereocenters. The molecule has 2 saturated carbocycles. The van der Waals surface area contributed by atoms with Crippen molar-refractivity contribution < 1.29 is 36.8 Å². The van der Waals surface area contributed by atoms with Gasteiger partial charge in [-0.05, 0) is 71.5 Å². The van der Waals surface area contributed by atoms with E-state index in [1.165, 1.54) is 17.0 Å². The number of carbonyl (C=O) groups is 3. The van der Waals surface area contributed by atoms with E-state index in [0.717, 1.165) is 36.1 Å². The van der Waals surface area contributed by atoms with Crippen LogP contribution in [0.5, 0.6) is 11.5 Å². The van der Waals surface area contributed by atoms with Crippen molar-refractivity contribution in [2.45, 2.75) is 82.0 Å². The fourth-order valence-electron chi connectivity index (χ4n) is 6.41. The first-order valence-electron chi connectivity index (χ1n) is 16.9. The van der Waals surface area contributed by atoms with Crippen LogP contribution in [0.1, 0.15) is 56.7 Å². The molecule has 3 aromatic rings. The van der Waals surface area contributed by atoms with E-state index in [1.807, 2.05) is 0 Å². The molecule has 0 aromatic heterocycles. The average Bonchev–Trinajstić information content (AvgIpc) is 4.02. The van der Waals surface area contributed by atoms with Crippen molar-refractivity contribution >= 4 is 46.4 Å². The zero-order chi connectivity index (χ0) is 37.6. The minimum atomic E-state index is -4.59. The van der Waals surface area contributed by atoms with Gasteiger partial charge in [0.25, 0.3) is 5.91 Å². The summed E-state index contributed by atoms with van der Waals surface area (Å²) in [6, 6.07) is 14.6. The number of fused-ring (bicyclic) bond motifs is 1. The molecule has 0 bridgehead atoms. The minimum absolute atomic E-state index is 0.00364. The lowest BCUT2D eigenvalue weighted by Crippen LogP contribution is -2.61. The fraction of sp³-hybridized carbons (Fsp3) is 0.395. The highest BCUT2D eigenvalue weighted by molar-refractivity contribution is 7.90. The zero-order valence-corrected chi connectivity index (χ0v) is 30.5. The van der Waals surface area contributed by atoms with Crippen molar-refractivity contribution in [1.82, 2.24) is 14.9 Å². The summed E-state index contributed by atoms with van der Waals surface area (Å²) in [7, 11) is 0. The lowest BCUT2D eigenvalue weighted by Gasteiger charge is -2.41. The largest absolute Gasteiger partial charge is 0.593 e. The van der Waals surface area contributed by atoms with Crippen LogP contribution in [0.3, 0.4) is 0 Å². The molecule has 3 aromatic carbocycles. The molecule has 3 amide bonds. The lowest BCUT2D eigenvalue weighted by molar-refractivity contribution is -0.145. The standard InChI is InChI=1S/C38H40ClF3N4O5S/c1-5-24-20-37(24,35(49)45-52(50)30-14-15-30)44-33(47)31-17-23-16-29(51-28-11-7-9-26(39)19-28)13-12-22(23)21-46(31)34(48)32(36(2,3)4)43-27-10-6-8-25(18-27)38(40,41)42/h5-13,16,18-19,24,30-32,43H,1,14-15,17,20-21H2,2-4H3,(H,44,47)(H,45,49)/t24-,31+,32-,37-,52?/m1/s1. The van der Waals surface area contributed by atoms with E-state index in [4.69, 9.17) is 16.3 Å². The van der Waals surface area contributed by atoms with Crippen LogP contribution in [0.2, 0.25) is 5.02 Å². The zero-order valence-electron chi connectivity index (χ0n) is 28.9. The Balaban J connectivity index is 1.32. The van der Waals surface area contributed by atoms with Crippen LogP contribution in [-0.2, 0) is 44.9 Å². The van der Waals surface area contributed by atoms with Crippen LogP contribution in [0.15, 0.2) is 79.4 Å². The summed E-state index contributed by atoms with van der Waals surface area (Å²) in [4.78, 5) is 43.9. The van der Waals surface area contributed by atoms with Crippen LogP contribution in [0, 0.1) is 11.3 Å². The first-order valence-corrected chi connectivity index (χ1v) is 18.5. The number of nitrogens with zero attached hydrogens (tertiary/aromatic N) is 1. The second-order valence-corrected chi connectivity index (χ2v) is 16.5. The van der Waals surface area contributed by atoms with Gasteiger partial charge in [0.15, 0.2) is 0 Å². The maximum atomic E-state index is 14.6. The predicted molar refractivity (Wildman–Crippen MR) is 193 cm³/mol. The third-order valence-corrected chi connectivity index (χ3v) is 11.3. The summed E-state index contributed by atoms with van der Waals surface area (Å²) in [6.07, 6.45) is -1.26. The molecule has 14 heteroatoms. The number of anilines is 1. The van der Waals surface area contributed by atoms with E-state index >= 15 is 0 Å². The number of halogens is 4. The summed E-state index contributed by atoms with van der Waals surface area (Å²) in [5.74, 6) is -1.14. The van der Waals surface area contributed by atoms with Gasteiger partial charge in [0.05, 0.1) is 16.9 Å². The molecule has 0 radical (unpaired) electrons. The Bertz CT molecular complexity index is 1880. The molecule has 3 N–H and O–H groups in total. The van der Waals surface area contributed by atoms with Crippen molar-refractivity contribution in [2.75, 3.05) is 5.32 Å². The topological polar surface area (TPSA) is 123 Å². The second-order valence-electron chi connectivity index (χ2n) is 14.6. The van der Waals surface area contributed by atoms with Gasteiger partial charge in [-0.15, -0.1) is 6.58 Å². The van der Waals surface area contributed by atoms with Crippen molar-refractivity contribution in [3.05, 3.63) is 101 Å². The minimum Gasteiger partial charge on any atom is -0.593 e. The summed E-state index contributed by atoms with van der Waals surface area (Å²) in [6.45, 7) is 9.14. The molecular weight excluding hydrogens is 717 g/mol. The summed E-state index contributed by atoms with van der Waals surface area (Å²) < 4.78 is 62.0. The normalized spacial score (nSPS) is 22.3. The SMILES string of the molecule is C=C[C@@H]1C[C@]1(NC(=O)[C@@H]1Cc2cc(Oc3cccc(Cl)c3)ccc2CN1C(=O)[C@@H](Nc1cccc(C(F)(F)F)c1)C(C)(C)C)C(=O)N[S+]([O-])C1CC1. The number of hydrogen-bond donors (Lipinski definition) is 3. The van der Waals surface area contributed by atoms with Crippen LogP contribution >= 0.6 is 11.6 Å². The van der Waals surface area contributed by atoms with Crippen molar-refractivity contribution in [3.63, 3.8) is 0 Å². The molecule has 0 saturated heterocycles. The fourth-order valence-corrected chi connectivity index (χ4v) is 7.68. The number of hydrogen-bond acceptors (Lipinski definition) is 6. The third kappa shape index (κ3) is 8.21. The van der Waals surface area contributed by atoms with Gasteiger partial charge in [-0.25, -0.2) is 0 Å². The third-order valence-electron chi connectivity index (χ3n) is 9.61. The number of rotatable bonds is 11. The maximum Gasteiger partial charge on any atom is 0.416 e. The van der Waals surface area contributed by atoms with Crippen molar-refractivity contribution in [3.8, 4) is 11.5 Å². The van der Waals surface area contributed by atoms with E-state index in [0.29, 0.717) is 16.5 Å². The van der Waals surface area contributed by atoms with Gasteiger partial charge >= 0.3 is 6.18 Å². The predicted octanol–water partition coefficient (Wildman–Crippen LogP) is 6.93. The molecule has 2 aliphatic carbocycles. The Kier molecular flexibility index (Phi) is 10.3. The molecule has 2 fully saturated rings. The number of nitrogens with one attached hydrogen (secondary N) is 3. The number of benzene rings is 3. The van der Waals surface area contributed by atoms with Gasteiger partial charge < -0.3 is 24.8 Å². The summed E-state index contributed by atoms with van der Waals surface area (Å²) in [5, 5.41) is 6.28. The van der Waals surface area contributed by atoms with Crippen LogP contribution in [0.4, 0.5) is 18.9 Å².